The molecular formula is C12H14BrF3N2O2. The number of hydrogen-bond acceptors (Lipinski definition) is 3. The van der Waals surface area contributed by atoms with Gasteiger partial charge in [0.1, 0.15) is 5.75 Å². The highest BCUT2D eigenvalue weighted by atomic mass is 79.9. The minimum Gasteiger partial charge on any atom is -0.405 e. The average molecular weight is 355 g/mol. The summed E-state index contributed by atoms with van der Waals surface area (Å²) in [6.07, 6.45) is -4.77. The molecule has 1 aromatic carbocycles. The van der Waals surface area contributed by atoms with Crippen LogP contribution in [0.4, 0.5) is 18.9 Å². The van der Waals surface area contributed by atoms with Gasteiger partial charge in [0.05, 0.1) is 9.89 Å². The van der Waals surface area contributed by atoms with E-state index in [1.807, 2.05) is 0 Å². The van der Waals surface area contributed by atoms with Crippen molar-refractivity contribution in [2.24, 2.45) is 11.1 Å². The molecule has 0 atom stereocenters. The largest absolute Gasteiger partial charge is 0.573 e. The molecule has 0 saturated heterocycles. The number of carbonyl (C=O) groups excluding carboxylic acids is 1. The zero-order chi connectivity index (χ0) is 15.6. The van der Waals surface area contributed by atoms with Gasteiger partial charge in [0.15, 0.2) is 0 Å². The van der Waals surface area contributed by atoms with Crippen molar-refractivity contribution in [2.45, 2.75) is 20.2 Å². The molecule has 3 N–H and O–H groups in total. The van der Waals surface area contributed by atoms with Gasteiger partial charge in [0, 0.05) is 12.2 Å². The lowest BCUT2D eigenvalue weighted by atomic mass is 9.92. The molecule has 0 heterocycles. The van der Waals surface area contributed by atoms with Gasteiger partial charge >= 0.3 is 6.36 Å². The minimum atomic E-state index is -4.77. The van der Waals surface area contributed by atoms with Crippen molar-refractivity contribution in [1.29, 1.82) is 0 Å². The van der Waals surface area contributed by atoms with Crippen molar-refractivity contribution in [3.8, 4) is 5.75 Å². The number of rotatable bonds is 4. The van der Waals surface area contributed by atoms with Crippen LogP contribution < -0.4 is 15.8 Å². The minimum absolute atomic E-state index is 0.0816. The average Bonchev–Trinajstić information content (AvgIpc) is 2.31. The third kappa shape index (κ3) is 4.68. The Morgan fingerprint density at radius 2 is 2.00 bits per heavy atom. The molecule has 0 aliphatic rings. The van der Waals surface area contributed by atoms with Crippen molar-refractivity contribution in [1.82, 2.24) is 0 Å². The Balaban J connectivity index is 2.86. The zero-order valence-corrected chi connectivity index (χ0v) is 12.4. The monoisotopic (exact) mass is 354 g/mol. The lowest BCUT2D eigenvalue weighted by molar-refractivity contribution is -0.274. The van der Waals surface area contributed by atoms with Crippen LogP contribution in [0.15, 0.2) is 22.7 Å². The normalized spacial score (nSPS) is 12.2. The summed E-state index contributed by atoms with van der Waals surface area (Å²) in [4.78, 5) is 11.9. The van der Waals surface area contributed by atoms with Gasteiger partial charge in [-0.05, 0) is 48.0 Å². The van der Waals surface area contributed by atoms with Crippen LogP contribution in [0.25, 0.3) is 0 Å². The Labute approximate surface area is 122 Å². The number of anilines is 1. The summed E-state index contributed by atoms with van der Waals surface area (Å²) in [5, 5.41) is 2.58. The Morgan fingerprint density at radius 1 is 1.40 bits per heavy atom. The fraction of sp³-hybridized carbons (Fsp3) is 0.417. The second kappa shape index (κ2) is 6.01. The van der Waals surface area contributed by atoms with E-state index in [-0.39, 0.29) is 22.7 Å². The van der Waals surface area contributed by atoms with Crippen LogP contribution in [0.3, 0.4) is 0 Å². The first-order valence-electron chi connectivity index (χ1n) is 5.62. The SMILES string of the molecule is CC(C)(CN)C(=O)Nc1ccc(OC(F)(F)F)c(Br)c1. The zero-order valence-electron chi connectivity index (χ0n) is 10.8. The third-order valence-electron chi connectivity index (χ3n) is 2.54. The Morgan fingerprint density at radius 3 is 2.45 bits per heavy atom. The molecule has 0 aromatic heterocycles. The lowest BCUT2D eigenvalue weighted by Crippen LogP contribution is -2.37. The van der Waals surface area contributed by atoms with E-state index >= 15 is 0 Å². The first-order valence-corrected chi connectivity index (χ1v) is 6.41. The fourth-order valence-corrected chi connectivity index (χ4v) is 1.64. The van der Waals surface area contributed by atoms with E-state index in [9.17, 15) is 18.0 Å². The second-order valence-corrected chi connectivity index (χ2v) is 5.59. The molecule has 0 spiro atoms. The molecule has 0 bridgehead atoms. The number of nitrogens with one attached hydrogen (secondary N) is 1. The molecule has 1 amide bonds. The number of halogens is 4. The highest BCUT2D eigenvalue weighted by Crippen LogP contribution is 2.32. The van der Waals surface area contributed by atoms with Crippen LogP contribution in [0.5, 0.6) is 5.75 Å². The smallest absolute Gasteiger partial charge is 0.405 e. The summed E-state index contributed by atoms with van der Waals surface area (Å²) in [6.45, 7) is 3.48. The van der Waals surface area contributed by atoms with Crippen LogP contribution in [0, 0.1) is 5.41 Å². The van der Waals surface area contributed by atoms with Crippen LogP contribution >= 0.6 is 15.9 Å². The van der Waals surface area contributed by atoms with E-state index < -0.39 is 11.8 Å². The summed E-state index contributed by atoms with van der Waals surface area (Å²) >= 11 is 2.96. The number of nitrogens with two attached hydrogens (primary N) is 1. The highest BCUT2D eigenvalue weighted by Gasteiger charge is 2.32. The van der Waals surface area contributed by atoms with Gasteiger partial charge in [-0.1, -0.05) is 0 Å². The molecule has 0 aliphatic carbocycles. The molecule has 0 aliphatic heterocycles. The van der Waals surface area contributed by atoms with E-state index in [0.717, 1.165) is 6.07 Å². The van der Waals surface area contributed by atoms with E-state index in [4.69, 9.17) is 5.73 Å². The molecule has 1 rings (SSSR count). The number of hydrogen-bond donors (Lipinski definition) is 2. The lowest BCUT2D eigenvalue weighted by Gasteiger charge is -2.21. The molecule has 1 aromatic rings. The first-order chi connectivity index (χ1) is 9.05. The van der Waals surface area contributed by atoms with Gasteiger partial charge in [0.2, 0.25) is 5.91 Å². The highest BCUT2D eigenvalue weighted by molar-refractivity contribution is 9.10. The molecule has 8 heteroatoms. The van der Waals surface area contributed by atoms with Gasteiger partial charge in [0.25, 0.3) is 0 Å². The van der Waals surface area contributed by atoms with Crippen molar-refractivity contribution < 1.29 is 22.7 Å². The summed E-state index contributed by atoms with van der Waals surface area (Å²) < 4.78 is 40.2. The van der Waals surface area contributed by atoms with Crippen molar-refractivity contribution in [2.75, 3.05) is 11.9 Å². The second-order valence-electron chi connectivity index (χ2n) is 4.74. The van der Waals surface area contributed by atoms with Gasteiger partial charge in [-0.15, -0.1) is 13.2 Å². The maximum atomic E-state index is 12.1. The Hall–Kier alpha value is -1.28. The number of benzene rings is 1. The summed E-state index contributed by atoms with van der Waals surface area (Å²) in [5.74, 6) is -0.704. The topological polar surface area (TPSA) is 64.4 Å². The predicted octanol–water partition coefficient (Wildman–Crippen LogP) is 3.27. The van der Waals surface area contributed by atoms with Crippen LogP contribution in [0.2, 0.25) is 0 Å². The molecule has 0 fully saturated rings. The number of carbonyl (C=O) groups is 1. The predicted molar refractivity (Wildman–Crippen MR) is 72.3 cm³/mol. The van der Waals surface area contributed by atoms with Gasteiger partial charge in [-0.2, -0.15) is 0 Å². The van der Waals surface area contributed by atoms with E-state index in [2.05, 4.69) is 26.0 Å². The van der Waals surface area contributed by atoms with Crippen molar-refractivity contribution in [3.05, 3.63) is 22.7 Å². The van der Waals surface area contributed by atoms with Gasteiger partial charge < -0.3 is 15.8 Å². The fourth-order valence-electron chi connectivity index (χ4n) is 1.18. The molecule has 0 unspecified atom stereocenters. The van der Waals surface area contributed by atoms with E-state index in [1.54, 1.807) is 13.8 Å². The summed E-state index contributed by atoms with van der Waals surface area (Å²) in [7, 11) is 0. The van der Waals surface area contributed by atoms with Crippen LogP contribution in [0.1, 0.15) is 13.8 Å². The van der Waals surface area contributed by atoms with Gasteiger partial charge in [-0.25, -0.2) is 0 Å². The number of alkyl halides is 3. The summed E-state index contributed by atoms with van der Waals surface area (Å²) in [6, 6.07) is 3.75. The quantitative estimate of drug-likeness (QED) is 0.871. The molecule has 4 nitrogen and oxygen atoms in total. The maximum Gasteiger partial charge on any atom is 0.573 e. The number of amides is 1. The molecule has 0 saturated carbocycles. The number of ether oxygens (including phenoxy) is 1. The first kappa shape index (κ1) is 16.8. The van der Waals surface area contributed by atoms with Gasteiger partial charge in [-0.3, -0.25) is 4.79 Å². The molecular weight excluding hydrogens is 341 g/mol. The summed E-state index contributed by atoms with van der Waals surface area (Å²) in [5.41, 5.74) is 5.04. The van der Waals surface area contributed by atoms with E-state index in [1.165, 1.54) is 12.1 Å². The molecule has 20 heavy (non-hydrogen) atoms. The Bertz CT molecular complexity index is 504. The van der Waals surface area contributed by atoms with Crippen molar-refractivity contribution in [3.63, 3.8) is 0 Å². The maximum absolute atomic E-state index is 12.1. The third-order valence-corrected chi connectivity index (χ3v) is 3.16. The van der Waals surface area contributed by atoms with Crippen molar-refractivity contribution >= 4 is 27.5 Å². The van der Waals surface area contributed by atoms with Crippen LogP contribution in [-0.4, -0.2) is 18.8 Å². The van der Waals surface area contributed by atoms with E-state index in [0.29, 0.717) is 5.69 Å². The molecule has 0 radical (unpaired) electrons. The van der Waals surface area contributed by atoms with Crippen LogP contribution in [-0.2, 0) is 4.79 Å². The Kier molecular flexibility index (Phi) is 5.04. The molecule has 112 valence electrons. The standard InChI is InChI=1S/C12H14BrF3N2O2/c1-11(2,6-17)10(19)18-7-3-4-9(8(13)5-7)20-12(14,15)16/h3-5H,6,17H2,1-2H3,(H,18,19).